The standard InChI is InChI=1S/C17H20N2O2/c1-9-6-7-10(8-13(9)20-2)14-16(19-21-17(14)18)15-11-4-3-5-12(11)15/h6-8,11-12,15H,3-5,18H2,1-2H3. The molecular formula is C17H20N2O2. The summed E-state index contributed by atoms with van der Waals surface area (Å²) in [7, 11) is 1.69. The van der Waals surface area contributed by atoms with Gasteiger partial charge >= 0.3 is 0 Å². The van der Waals surface area contributed by atoms with E-state index < -0.39 is 0 Å². The van der Waals surface area contributed by atoms with Crippen molar-refractivity contribution in [1.29, 1.82) is 0 Å². The number of benzene rings is 1. The fourth-order valence-electron chi connectivity index (χ4n) is 4.04. The van der Waals surface area contributed by atoms with Crippen LogP contribution in [0.15, 0.2) is 22.7 Å². The molecule has 110 valence electrons. The highest BCUT2D eigenvalue weighted by atomic mass is 16.5. The fraction of sp³-hybridized carbons (Fsp3) is 0.471. The van der Waals surface area contributed by atoms with E-state index >= 15 is 0 Å². The van der Waals surface area contributed by atoms with Crippen LogP contribution in [-0.4, -0.2) is 12.3 Å². The second-order valence-electron chi connectivity index (χ2n) is 6.28. The van der Waals surface area contributed by atoms with E-state index in [9.17, 15) is 0 Å². The second kappa shape index (κ2) is 4.52. The van der Waals surface area contributed by atoms with Crippen LogP contribution in [0.5, 0.6) is 5.75 Å². The maximum Gasteiger partial charge on any atom is 0.230 e. The van der Waals surface area contributed by atoms with E-state index in [1.165, 1.54) is 19.3 Å². The van der Waals surface area contributed by atoms with Crippen LogP contribution in [0.3, 0.4) is 0 Å². The predicted octanol–water partition coefficient (Wildman–Crippen LogP) is 3.75. The number of nitrogen functional groups attached to an aromatic ring is 1. The molecule has 4 rings (SSSR count). The van der Waals surface area contributed by atoms with Crippen molar-refractivity contribution < 1.29 is 9.26 Å². The maximum atomic E-state index is 6.05. The first-order valence-corrected chi connectivity index (χ1v) is 7.60. The molecule has 0 spiro atoms. The van der Waals surface area contributed by atoms with E-state index in [0.29, 0.717) is 11.8 Å². The number of nitrogens with two attached hydrogens (primary N) is 1. The molecule has 0 radical (unpaired) electrons. The zero-order valence-corrected chi connectivity index (χ0v) is 12.4. The van der Waals surface area contributed by atoms with Crippen LogP contribution < -0.4 is 10.5 Å². The Morgan fingerprint density at radius 2 is 2.05 bits per heavy atom. The van der Waals surface area contributed by atoms with Gasteiger partial charge in [0.15, 0.2) is 0 Å². The first-order valence-electron chi connectivity index (χ1n) is 7.60. The minimum Gasteiger partial charge on any atom is -0.496 e. The number of ether oxygens (including phenoxy) is 1. The van der Waals surface area contributed by atoms with Gasteiger partial charge in [-0.05, 0) is 48.8 Å². The van der Waals surface area contributed by atoms with Crippen LogP contribution in [0.25, 0.3) is 11.1 Å². The van der Waals surface area contributed by atoms with Gasteiger partial charge in [-0.15, -0.1) is 0 Å². The predicted molar refractivity (Wildman–Crippen MR) is 81.2 cm³/mol. The van der Waals surface area contributed by atoms with Gasteiger partial charge in [0, 0.05) is 5.92 Å². The highest BCUT2D eigenvalue weighted by Crippen LogP contribution is 2.64. The normalized spacial score (nSPS) is 26.7. The molecule has 2 fully saturated rings. The van der Waals surface area contributed by atoms with E-state index in [0.717, 1.165) is 40.0 Å². The van der Waals surface area contributed by atoms with Crippen LogP contribution in [0.1, 0.15) is 36.4 Å². The van der Waals surface area contributed by atoms with Gasteiger partial charge in [0.25, 0.3) is 0 Å². The van der Waals surface area contributed by atoms with Crippen LogP contribution in [0, 0.1) is 18.8 Å². The van der Waals surface area contributed by atoms with Gasteiger partial charge < -0.3 is 15.0 Å². The van der Waals surface area contributed by atoms with E-state index in [-0.39, 0.29) is 0 Å². The van der Waals surface area contributed by atoms with Gasteiger partial charge in [-0.3, -0.25) is 0 Å². The summed E-state index contributed by atoms with van der Waals surface area (Å²) in [5, 5.41) is 4.27. The fourth-order valence-corrected chi connectivity index (χ4v) is 4.04. The molecule has 0 saturated heterocycles. The average Bonchev–Trinajstić information content (AvgIpc) is 2.85. The molecule has 2 aliphatic carbocycles. The molecule has 2 aliphatic rings. The lowest BCUT2D eigenvalue weighted by molar-refractivity contribution is 0.412. The molecular weight excluding hydrogens is 264 g/mol. The lowest BCUT2D eigenvalue weighted by Gasteiger charge is -2.08. The number of anilines is 1. The monoisotopic (exact) mass is 284 g/mol. The van der Waals surface area contributed by atoms with Crippen molar-refractivity contribution in [1.82, 2.24) is 5.16 Å². The van der Waals surface area contributed by atoms with E-state index in [4.69, 9.17) is 15.0 Å². The summed E-state index contributed by atoms with van der Waals surface area (Å²) in [4.78, 5) is 0. The Kier molecular flexibility index (Phi) is 2.74. The Morgan fingerprint density at radius 1 is 1.29 bits per heavy atom. The summed E-state index contributed by atoms with van der Waals surface area (Å²) in [5.41, 5.74) is 10.2. The molecule has 0 bridgehead atoms. The average molecular weight is 284 g/mol. The SMILES string of the molecule is COc1cc(-c2c(C3C4CCCC43)noc2N)ccc1C. The summed E-state index contributed by atoms with van der Waals surface area (Å²) < 4.78 is 10.7. The van der Waals surface area contributed by atoms with Crippen molar-refractivity contribution in [3.63, 3.8) is 0 Å². The smallest absolute Gasteiger partial charge is 0.230 e. The number of nitrogens with zero attached hydrogens (tertiary/aromatic N) is 1. The van der Waals surface area contributed by atoms with E-state index in [1.54, 1.807) is 7.11 Å². The summed E-state index contributed by atoms with van der Waals surface area (Å²) >= 11 is 0. The van der Waals surface area contributed by atoms with Crippen molar-refractivity contribution in [2.45, 2.75) is 32.1 Å². The molecule has 0 aliphatic heterocycles. The number of methoxy groups -OCH3 is 1. The van der Waals surface area contributed by atoms with Crippen molar-refractivity contribution in [2.24, 2.45) is 11.8 Å². The van der Waals surface area contributed by atoms with Crippen molar-refractivity contribution >= 4 is 5.88 Å². The maximum absolute atomic E-state index is 6.05. The van der Waals surface area contributed by atoms with Gasteiger partial charge in [-0.1, -0.05) is 23.7 Å². The van der Waals surface area contributed by atoms with Crippen LogP contribution >= 0.6 is 0 Å². The minimum atomic E-state index is 0.417. The Morgan fingerprint density at radius 3 is 2.76 bits per heavy atom. The first-order chi connectivity index (χ1) is 10.2. The van der Waals surface area contributed by atoms with Gasteiger partial charge in [0.2, 0.25) is 5.88 Å². The third kappa shape index (κ3) is 1.85. The molecule has 0 amide bonds. The Labute approximate surface area is 124 Å². The third-order valence-corrected chi connectivity index (χ3v) is 5.16. The molecule has 1 aromatic carbocycles. The number of aromatic nitrogens is 1. The van der Waals surface area contributed by atoms with Crippen LogP contribution in [-0.2, 0) is 0 Å². The molecule has 2 unspecified atom stereocenters. The number of hydrogen-bond acceptors (Lipinski definition) is 4. The molecule has 1 aromatic heterocycles. The van der Waals surface area contributed by atoms with Gasteiger partial charge in [-0.2, -0.15) is 0 Å². The third-order valence-electron chi connectivity index (χ3n) is 5.16. The number of hydrogen-bond donors (Lipinski definition) is 1. The van der Waals surface area contributed by atoms with Crippen molar-refractivity contribution in [3.05, 3.63) is 29.5 Å². The van der Waals surface area contributed by atoms with Crippen molar-refractivity contribution in [3.8, 4) is 16.9 Å². The highest BCUT2D eigenvalue weighted by molar-refractivity contribution is 5.77. The molecule has 4 nitrogen and oxygen atoms in total. The van der Waals surface area contributed by atoms with Crippen LogP contribution in [0.4, 0.5) is 5.88 Å². The number of fused-ring (bicyclic) bond motifs is 1. The highest BCUT2D eigenvalue weighted by Gasteiger charge is 2.55. The van der Waals surface area contributed by atoms with Crippen LogP contribution in [0.2, 0.25) is 0 Å². The summed E-state index contributed by atoms with van der Waals surface area (Å²) in [6.07, 6.45) is 3.99. The molecule has 1 heterocycles. The van der Waals surface area contributed by atoms with Crippen molar-refractivity contribution in [2.75, 3.05) is 12.8 Å². The molecule has 2 saturated carbocycles. The molecule has 2 aromatic rings. The Hall–Kier alpha value is -1.97. The second-order valence-corrected chi connectivity index (χ2v) is 6.28. The lowest BCUT2D eigenvalue weighted by Crippen LogP contribution is -1.94. The Bertz CT molecular complexity index is 682. The van der Waals surface area contributed by atoms with Gasteiger partial charge in [0.1, 0.15) is 5.75 Å². The quantitative estimate of drug-likeness (QED) is 0.932. The number of aryl methyl sites for hydroxylation is 1. The Balaban J connectivity index is 1.77. The summed E-state index contributed by atoms with van der Waals surface area (Å²) in [6, 6.07) is 6.15. The molecule has 21 heavy (non-hydrogen) atoms. The largest absolute Gasteiger partial charge is 0.496 e. The van der Waals surface area contributed by atoms with E-state index in [2.05, 4.69) is 17.3 Å². The summed E-state index contributed by atoms with van der Waals surface area (Å²) in [5.74, 6) is 3.42. The van der Waals surface area contributed by atoms with Gasteiger partial charge in [-0.25, -0.2) is 0 Å². The summed E-state index contributed by atoms with van der Waals surface area (Å²) in [6.45, 7) is 2.03. The topological polar surface area (TPSA) is 61.3 Å². The lowest BCUT2D eigenvalue weighted by atomic mass is 9.98. The molecule has 2 N–H and O–H groups in total. The molecule has 4 heteroatoms. The van der Waals surface area contributed by atoms with E-state index in [1.807, 2.05) is 13.0 Å². The zero-order valence-electron chi connectivity index (χ0n) is 12.4. The number of rotatable bonds is 3. The zero-order chi connectivity index (χ0) is 14.6. The first kappa shape index (κ1) is 12.7. The molecule has 2 atom stereocenters. The minimum absolute atomic E-state index is 0.417. The van der Waals surface area contributed by atoms with Gasteiger partial charge in [0.05, 0.1) is 18.4 Å².